The average Bonchev–Trinajstić information content (AvgIpc) is 3.38. The molecule has 0 unspecified atom stereocenters. The molecule has 1 saturated heterocycles. The molecule has 28 heavy (non-hydrogen) atoms. The SMILES string of the molecule is O=C(NN=C1CCCC1)c1ccc([C@H]2SCC(=O)N2Cc2ccccc2)cc1. The highest BCUT2D eigenvalue weighted by Crippen LogP contribution is 2.39. The van der Waals surface area contributed by atoms with E-state index in [0.29, 0.717) is 17.9 Å². The highest BCUT2D eigenvalue weighted by molar-refractivity contribution is 8.00. The third-order valence-electron chi connectivity index (χ3n) is 5.12. The van der Waals surface area contributed by atoms with Crippen molar-refractivity contribution in [1.29, 1.82) is 0 Å². The van der Waals surface area contributed by atoms with Crippen molar-refractivity contribution in [3.8, 4) is 0 Å². The van der Waals surface area contributed by atoms with Crippen molar-refractivity contribution in [3.63, 3.8) is 0 Å². The van der Waals surface area contributed by atoms with Gasteiger partial charge in [-0.15, -0.1) is 11.8 Å². The summed E-state index contributed by atoms with van der Waals surface area (Å²) in [5, 5.41) is 4.20. The molecule has 2 fully saturated rings. The predicted octanol–water partition coefficient (Wildman–Crippen LogP) is 4.12. The normalized spacial score (nSPS) is 19.1. The molecule has 1 aliphatic heterocycles. The van der Waals surface area contributed by atoms with Crippen LogP contribution in [0.1, 0.15) is 52.5 Å². The molecule has 1 saturated carbocycles. The molecule has 1 heterocycles. The van der Waals surface area contributed by atoms with Crippen molar-refractivity contribution in [3.05, 3.63) is 71.3 Å². The van der Waals surface area contributed by atoms with Gasteiger partial charge in [-0.25, -0.2) is 5.43 Å². The van der Waals surface area contributed by atoms with E-state index in [2.05, 4.69) is 10.5 Å². The second-order valence-electron chi connectivity index (χ2n) is 7.12. The number of thioether (sulfide) groups is 1. The molecule has 0 bridgehead atoms. The van der Waals surface area contributed by atoms with E-state index < -0.39 is 0 Å². The standard InChI is InChI=1S/C22H23N3O2S/c26-20-15-28-22(25(20)14-16-6-2-1-3-7-16)18-12-10-17(11-13-18)21(27)24-23-19-8-4-5-9-19/h1-3,6-7,10-13,22H,4-5,8-9,14-15H2,(H,24,27)/t22-/m1/s1. The Kier molecular flexibility index (Phi) is 5.76. The van der Waals surface area contributed by atoms with E-state index in [1.165, 1.54) is 0 Å². The van der Waals surface area contributed by atoms with Crippen LogP contribution in [0.4, 0.5) is 0 Å². The maximum atomic E-state index is 12.4. The highest BCUT2D eigenvalue weighted by Gasteiger charge is 2.32. The van der Waals surface area contributed by atoms with E-state index >= 15 is 0 Å². The molecule has 0 radical (unpaired) electrons. The molecule has 1 aliphatic carbocycles. The van der Waals surface area contributed by atoms with Crippen LogP contribution in [-0.2, 0) is 11.3 Å². The minimum absolute atomic E-state index is 0.0245. The zero-order chi connectivity index (χ0) is 19.3. The Labute approximate surface area is 169 Å². The van der Waals surface area contributed by atoms with Crippen LogP contribution in [0.15, 0.2) is 59.7 Å². The predicted molar refractivity (Wildman–Crippen MR) is 112 cm³/mol. The van der Waals surface area contributed by atoms with E-state index in [-0.39, 0.29) is 17.2 Å². The fourth-order valence-corrected chi connectivity index (χ4v) is 4.76. The molecule has 1 N–H and O–H groups in total. The van der Waals surface area contributed by atoms with Crippen LogP contribution < -0.4 is 5.43 Å². The number of rotatable bonds is 5. The Bertz CT molecular complexity index is 872. The molecule has 0 aromatic heterocycles. The topological polar surface area (TPSA) is 61.8 Å². The first-order valence-electron chi connectivity index (χ1n) is 9.61. The van der Waals surface area contributed by atoms with Crippen molar-refractivity contribution in [2.24, 2.45) is 5.10 Å². The van der Waals surface area contributed by atoms with Gasteiger partial charge in [-0.1, -0.05) is 42.5 Å². The number of hydrazone groups is 1. The van der Waals surface area contributed by atoms with Crippen LogP contribution in [0.3, 0.4) is 0 Å². The number of hydrogen-bond acceptors (Lipinski definition) is 4. The smallest absolute Gasteiger partial charge is 0.271 e. The molecular weight excluding hydrogens is 370 g/mol. The summed E-state index contributed by atoms with van der Waals surface area (Å²) in [6.07, 6.45) is 4.26. The summed E-state index contributed by atoms with van der Waals surface area (Å²) >= 11 is 1.63. The van der Waals surface area contributed by atoms with Gasteiger partial charge in [0.25, 0.3) is 5.91 Å². The van der Waals surface area contributed by atoms with Crippen molar-refractivity contribution >= 4 is 29.3 Å². The van der Waals surface area contributed by atoms with Gasteiger partial charge in [0.1, 0.15) is 5.37 Å². The summed E-state index contributed by atoms with van der Waals surface area (Å²) in [6.45, 7) is 0.594. The molecule has 4 rings (SSSR count). The molecule has 2 aromatic rings. The van der Waals surface area contributed by atoms with E-state index in [1.807, 2.05) is 59.5 Å². The third-order valence-corrected chi connectivity index (χ3v) is 6.37. The van der Waals surface area contributed by atoms with Gasteiger partial charge in [0.15, 0.2) is 0 Å². The molecule has 6 heteroatoms. The van der Waals surface area contributed by atoms with Crippen LogP contribution in [0.5, 0.6) is 0 Å². The summed E-state index contributed by atoms with van der Waals surface area (Å²) in [6, 6.07) is 17.5. The number of benzene rings is 2. The number of carbonyl (C=O) groups is 2. The van der Waals surface area contributed by atoms with Crippen molar-refractivity contribution in [2.75, 3.05) is 5.75 Å². The lowest BCUT2D eigenvalue weighted by Gasteiger charge is -2.24. The maximum absolute atomic E-state index is 12.4. The van der Waals surface area contributed by atoms with Crippen molar-refractivity contribution in [2.45, 2.75) is 37.6 Å². The number of amides is 2. The molecule has 2 aliphatic rings. The molecule has 2 aromatic carbocycles. The number of nitrogens with zero attached hydrogens (tertiary/aromatic N) is 2. The van der Waals surface area contributed by atoms with Gasteiger partial charge in [-0.05, 0) is 48.9 Å². The zero-order valence-electron chi connectivity index (χ0n) is 15.6. The summed E-state index contributed by atoms with van der Waals surface area (Å²) < 4.78 is 0. The van der Waals surface area contributed by atoms with E-state index in [1.54, 1.807) is 11.8 Å². The van der Waals surface area contributed by atoms with Crippen LogP contribution in [0.25, 0.3) is 0 Å². The lowest BCUT2D eigenvalue weighted by molar-refractivity contribution is -0.128. The van der Waals surface area contributed by atoms with Crippen molar-refractivity contribution < 1.29 is 9.59 Å². The Morgan fingerprint density at radius 3 is 2.50 bits per heavy atom. The summed E-state index contributed by atoms with van der Waals surface area (Å²) in [4.78, 5) is 26.6. The van der Waals surface area contributed by atoms with Crippen LogP contribution in [0.2, 0.25) is 0 Å². The summed E-state index contributed by atoms with van der Waals surface area (Å²) in [5.74, 6) is 0.437. The number of hydrogen-bond donors (Lipinski definition) is 1. The van der Waals surface area contributed by atoms with Gasteiger partial charge in [0.05, 0.1) is 5.75 Å². The monoisotopic (exact) mass is 393 g/mol. The molecule has 2 amide bonds. The van der Waals surface area contributed by atoms with Crippen molar-refractivity contribution in [1.82, 2.24) is 10.3 Å². The van der Waals surface area contributed by atoms with Gasteiger partial charge in [-0.3, -0.25) is 9.59 Å². The van der Waals surface area contributed by atoms with Gasteiger partial charge in [-0.2, -0.15) is 5.10 Å². The van der Waals surface area contributed by atoms with Gasteiger partial charge < -0.3 is 4.90 Å². The zero-order valence-corrected chi connectivity index (χ0v) is 16.5. The highest BCUT2D eigenvalue weighted by atomic mass is 32.2. The Morgan fingerprint density at radius 1 is 1.07 bits per heavy atom. The first-order valence-corrected chi connectivity index (χ1v) is 10.7. The summed E-state index contributed by atoms with van der Waals surface area (Å²) in [7, 11) is 0. The lowest BCUT2D eigenvalue weighted by Crippen LogP contribution is -2.27. The van der Waals surface area contributed by atoms with Gasteiger partial charge >= 0.3 is 0 Å². The Balaban J connectivity index is 1.44. The Hall–Kier alpha value is -2.60. The largest absolute Gasteiger partial charge is 0.322 e. The quantitative estimate of drug-likeness (QED) is 0.777. The molecule has 144 valence electrons. The van der Waals surface area contributed by atoms with Crippen LogP contribution in [0, 0.1) is 0 Å². The average molecular weight is 394 g/mol. The minimum Gasteiger partial charge on any atom is -0.322 e. The molecule has 0 spiro atoms. The number of carbonyl (C=O) groups excluding carboxylic acids is 2. The van der Waals surface area contributed by atoms with Gasteiger partial charge in [0.2, 0.25) is 5.91 Å². The molecule has 5 nitrogen and oxygen atoms in total. The summed E-state index contributed by atoms with van der Waals surface area (Å²) in [5.41, 5.74) is 6.46. The molecular formula is C22H23N3O2S. The minimum atomic E-state index is -0.192. The van der Waals surface area contributed by atoms with E-state index in [4.69, 9.17) is 0 Å². The molecule has 1 atom stereocenters. The fraction of sp³-hybridized carbons (Fsp3) is 0.318. The maximum Gasteiger partial charge on any atom is 0.271 e. The first kappa shape index (κ1) is 18.7. The second-order valence-corrected chi connectivity index (χ2v) is 8.19. The lowest BCUT2D eigenvalue weighted by atomic mass is 10.1. The first-order chi connectivity index (χ1) is 13.7. The van der Waals surface area contributed by atoms with Crippen LogP contribution in [-0.4, -0.2) is 28.2 Å². The third kappa shape index (κ3) is 4.28. The van der Waals surface area contributed by atoms with E-state index in [9.17, 15) is 9.59 Å². The van der Waals surface area contributed by atoms with Gasteiger partial charge in [0, 0.05) is 17.8 Å². The van der Waals surface area contributed by atoms with E-state index in [0.717, 1.165) is 42.5 Å². The van der Waals surface area contributed by atoms with Crippen LogP contribution >= 0.6 is 11.8 Å². The number of nitrogens with one attached hydrogen (secondary N) is 1. The second kappa shape index (κ2) is 8.61. The Morgan fingerprint density at radius 2 is 1.79 bits per heavy atom. The fourth-order valence-electron chi connectivity index (χ4n) is 3.57.